The van der Waals surface area contributed by atoms with Gasteiger partial charge in [0.1, 0.15) is 12.4 Å². The van der Waals surface area contributed by atoms with Gasteiger partial charge in [0.05, 0.1) is 19.3 Å². The van der Waals surface area contributed by atoms with Gasteiger partial charge in [-0.2, -0.15) is 0 Å². The summed E-state index contributed by atoms with van der Waals surface area (Å²) in [6, 6.07) is 7.34. The highest BCUT2D eigenvalue weighted by atomic mass is 16.5. The number of morpholine rings is 1. The minimum absolute atomic E-state index is 0.0592. The fourth-order valence-corrected chi connectivity index (χ4v) is 2.61. The maximum Gasteiger partial charge on any atom is 0.254 e. The van der Waals surface area contributed by atoms with E-state index in [1.165, 1.54) is 0 Å². The highest BCUT2D eigenvalue weighted by molar-refractivity contribution is 5.94. The van der Waals surface area contributed by atoms with E-state index in [1.807, 2.05) is 29.2 Å². The zero-order chi connectivity index (χ0) is 14.5. The van der Waals surface area contributed by atoms with Gasteiger partial charge in [0.15, 0.2) is 0 Å². The van der Waals surface area contributed by atoms with Crippen molar-refractivity contribution < 1.29 is 19.0 Å². The van der Waals surface area contributed by atoms with Gasteiger partial charge in [-0.05, 0) is 37.1 Å². The van der Waals surface area contributed by atoms with Gasteiger partial charge in [-0.1, -0.05) is 0 Å². The molecule has 0 radical (unpaired) electrons. The van der Waals surface area contributed by atoms with Crippen LogP contribution in [0.5, 0.6) is 5.75 Å². The molecule has 2 aliphatic rings. The molecule has 2 aliphatic heterocycles. The van der Waals surface area contributed by atoms with Gasteiger partial charge in [0.2, 0.25) is 0 Å². The largest absolute Gasteiger partial charge is 0.491 e. The van der Waals surface area contributed by atoms with Crippen molar-refractivity contribution in [3.8, 4) is 5.75 Å². The molecule has 5 nitrogen and oxygen atoms in total. The Kier molecular flexibility index (Phi) is 4.72. The van der Waals surface area contributed by atoms with E-state index in [9.17, 15) is 4.79 Å². The Labute approximate surface area is 124 Å². The lowest BCUT2D eigenvalue weighted by Gasteiger charge is -2.26. The van der Waals surface area contributed by atoms with Crippen molar-refractivity contribution in [3.05, 3.63) is 29.8 Å². The number of carbonyl (C=O) groups excluding carboxylic acids is 1. The number of ether oxygens (including phenoxy) is 3. The van der Waals surface area contributed by atoms with E-state index in [2.05, 4.69) is 0 Å². The van der Waals surface area contributed by atoms with Crippen LogP contribution in [0.25, 0.3) is 0 Å². The van der Waals surface area contributed by atoms with Crippen LogP contribution >= 0.6 is 0 Å². The lowest BCUT2D eigenvalue weighted by molar-refractivity contribution is 0.0303. The van der Waals surface area contributed by atoms with Crippen molar-refractivity contribution in [1.29, 1.82) is 0 Å². The molecule has 2 fully saturated rings. The molecule has 3 rings (SSSR count). The summed E-state index contributed by atoms with van der Waals surface area (Å²) in [5.74, 6) is 0.841. The van der Waals surface area contributed by atoms with Crippen LogP contribution < -0.4 is 4.74 Å². The Morgan fingerprint density at radius 2 is 1.95 bits per heavy atom. The second-order valence-electron chi connectivity index (χ2n) is 5.37. The Morgan fingerprint density at radius 3 is 2.62 bits per heavy atom. The van der Waals surface area contributed by atoms with Crippen LogP contribution in [0.15, 0.2) is 24.3 Å². The van der Waals surface area contributed by atoms with E-state index in [1.54, 1.807) is 0 Å². The molecule has 2 saturated heterocycles. The topological polar surface area (TPSA) is 48.0 Å². The zero-order valence-electron chi connectivity index (χ0n) is 12.1. The maximum atomic E-state index is 12.3. The summed E-state index contributed by atoms with van der Waals surface area (Å²) in [6.45, 7) is 3.98. The minimum Gasteiger partial charge on any atom is -0.491 e. The second-order valence-corrected chi connectivity index (χ2v) is 5.37. The molecular weight excluding hydrogens is 270 g/mol. The normalized spacial score (nSPS) is 22.3. The van der Waals surface area contributed by atoms with Crippen LogP contribution in [-0.4, -0.2) is 56.4 Å². The monoisotopic (exact) mass is 291 g/mol. The number of carbonyl (C=O) groups is 1. The van der Waals surface area contributed by atoms with Gasteiger partial charge in [0.25, 0.3) is 5.91 Å². The summed E-state index contributed by atoms with van der Waals surface area (Å²) < 4.78 is 16.5. The fourth-order valence-electron chi connectivity index (χ4n) is 2.61. The third-order valence-corrected chi connectivity index (χ3v) is 3.86. The van der Waals surface area contributed by atoms with E-state index < -0.39 is 0 Å². The van der Waals surface area contributed by atoms with Crippen LogP contribution in [0.1, 0.15) is 23.2 Å². The molecule has 114 valence electrons. The molecule has 5 heteroatoms. The van der Waals surface area contributed by atoms with Crippen LogP contribution in [0, 0.1) is 0 Å². The van der Waals surface area contributed by atoms with E-state index in [-0.39, 0.29) is 12.0 Å². The predicted octanol–water partition coefficient (Wildman–Crippen LogP) is 1.72. The van der Waals surface area contributed by atoms with Crippen LogP contribution in [0.3, 0.4) is 0 Å². The first-order valence-electron chi connectivity index (χ1n) is 7.54. The SMILES string of the molecule is O=C(c1ccc(OCC2CCCO2)cc1)N1CCOCC1. The average molecular weight is 291 g/mol. The molecule has 0 saturated carbocycles. The summed E-state index contributed by atoms with van der Waals surface area (Å²) >= 11 is 0. The van der Waals surface area contributed by atoms with Gasteiger partial charge in [-0.25, -0.2) is 0 Å². The predicted molar refractivity (Wildman–Crippen MR) is 77.6 cm³/mol. The van der Waals surface area contributed by atoms with Gasteiger partial charge in [-0.3, -0.25) is 4.79 Å². The van der Waals surface area contributed by atoms with Crippen molar-refractivity contribution in [3.63, 3.8) is 0 Å². The molecule has 21 heavy (non-hydrogen) atoms. The van der Waals surface area contributed by atoms with Crippen molar-refractivity contribution in [1.82, 2.24) is 4.90 Å². The molecule has 2 heterocycles. The Balaban J connectivity index is 1.54. The van der Waals surface area contributed by atoms with Gasteiger partial charge >= 0.3 is 0 Å². The number of hydrogen-bond acceptors (Lipinski definition) is 4. The van der Waals surface area contributed by atoms with E-state index in [0.717, 1.165) is 25.2 Å². The number of rotatable bonds is 4. The maximum absolute atomic E-state index is 12.3. The zero-order valence-corrected chi connectivity index (χ0v) is 12.1. The molecule has 1 atom stereocenters. The van der Waals surface area contributed by atoms with Crippen LogP contribution in [0.4, 0.5) is 0 Å². The molecular formula is C16H21NO4. The first-order valence-corrected chi connectivity index (χ1v) is 7.54. The highest BCUT2D eigenvalue weighted by Gasteiger charge is 2.19. The summed E-state index contributed by atoms with van der Waals surface area (Å²) in [5.41, 5.74) is 0.696. The van der Waals surface area contributed by atoms with E-state index >= 15 is 0 Å². The van der Waals surface area contributed by atoms with Crippen LogP contribution in [0.2, 0.25) is 0 Å². The van der Waals surface area contributed by atoms with Gasteiger partial charge < -0.3 is 19.1 Å². The standard InChI is InChI=1S/C16H21NO4/c18-16(17-7-10-19-11-8-17)13-3-5-14(6-4-13)21-12-15-2-1-9-20-15/h3-6,15H,1-2,7-12H2. The summed E-state index contributed by atoms with van der Waals surface area (Å²) in [6.07, 6.45) is 2.38. The van der Waals surface area contributed by atoms with Gasteiger partial charge in [-0.15, -0.1) is 0 Å². The molecule has 1 amide bonds. The lowest BCUT2D eigenvalue weighted by Crippen LogP contribution is -2.40. The quantitative estimate of drug-likeness (QED) is 0.847. The van der Waals surface area contributed by atoms with E-state index in [4.69, 9.17) is 14.2 Å². The van der Waals surface area contributed by atoms with Crippen molar-refractivity contribution in [2.75, 3.05) is 39.5 Å². The number of hydrogen-bond donors (Lipinski definition) is 0. The smallest absolute Gasteiger partial charge is 0.254 e. The summed E-state index contributed by atoms with van der Waals surface area (Å²) in [4.78, 5) is 14.1. The Hall–Kier alpha value is -1.59. The molecule has 1 aromatic rings. The average Bonchev–Trinajstić information content (AvgIpc) is 3.07. The Morgan fingerprint density at radius 1 is 1.19 bits per heavy atom. The number of nitrogens with zero attached hydrogens (tertiary/aromatic N) is 1. The van der Waals surface area contributed by atoms with Crippen molar-refractivity contribution >= 4 is 5.91 Å². The molecule has 1 aromatic carbocycles. The number of amides is 1. The van der Waals surface area contributed by atoms with Crippen molar-refractivity contribution in [2.24, 2.45) is 0 Å². The van der Waals surface area contributed by atoms with Gasteiger partial charge in [0, 0.05) is 25.3 Å². The van der Waals surface area contributed by atoms with Crippen LogP contribution in [-0.2, 0) is 9.47 Å². The molecule has 1 unspecified atom stereocenters. The third-order valence-electron chi connectivity index (χ3n) is 3.86. The second kappa shape index (κ2) is 6.91. The minimum atomic E-state index is 0.0592. The fraction of sp³-hybridized carbons (Fsp3) is 0.562. The molecule has 0 bridgehead atoms. The lowest BCUT2D eigenvalue weighted by atomic mass is 10.2. The molecule has 0 aliphatic carbocycles. The summed E-state index contributed by atoms with van der Waals surface area (Å²) in [5, 5.41) is 0. The first kappa shape index (κ1) is 14.4. The molecule has 0 spiro atoms. The first-order chi connectivity index (χ1) is 10.3. The Bertz CT molecular complexity index is 462. The highest BCUT2D eigenvalue weighted by Crippen LogP contribution is 2.17. The van der Waals surface area contributed by atoms with E-state index in [0.29, 0.717) is 38.5 Å². The van der Waals surface area contributed by atoms with Crippen molar-refractivity contribution in [2.45, 2.75) is 18.9 Å². The third kappa shape index (κ3) is 3.74. The molecule has 0 N–H and O–H groups in total. The molecule has 0 aromatic heterocycles. The summed E-state index contributed by atoms with van der Waals surface area (Å²) in [7, 11) is 0. The number of benzene rings is 1.